The van der Waals surface area contributed by atoms with Crippen molar-refractivity contribution in [2.45, 2.75) is 31.3 Å². The highest BCUT2D eigenvalue weighted by molar-refractivity contribution is 7.09. The van der Waals surface area contributed by atoms with Crippen LogP contribution in [0.1, 0.15) is 41.1 Å². The van der Waals surface area contributed by atoms with Crippen molar-refractivity contribution < 1.29 is 18.3 Å². The van der Waals surface area contributed by atoms with E-state index in [0.29, 0.717) is 12.5 Å². The maximum Gasteiger partial charge on any atom is 0.194 e. The lowest BCUT2D eigenvalue weighted by molar-refractivity contribution is 0.242. The summed E-state index contributed by atoms with van der Waals surface area (Å²) in [7, 11) is 0. The third kappa shape index (κ3) is 3.31. The number of rotatable bonds is 6. The molecule has 0 amide bonds. The number of hydrogen-bond acceptors (Lipinski definition) is 4. The first kappa shape index (κ1) is 15.5. The Morgan fingerprint density at radius 2 is 1.95 bits per heavy atom. The third-order valence-electron chi connectivity index (χ3n) is 3.62. The normalized spacial score (nSPS) is 16.0. The predicted octanol–water partition coefficient (Wildman–Crippen LogP) is 3.26. The highest BCUT2D eigenvalue weighted by Crippen LogP contribution is 2.41. The Kier molecular flexibility index (Phi) is 4.46. The van der Waals surface area contributed by atoms with Crippen LogP contribution >= 0.6 is 11.3 Å². The molecular weight excluding hydrogens is 313 g/mol. The van der Waals surface area contributed by atoms with Gasteiger partial charge in [0.1, 0.15) is 0 Å². The Hall–Kier alpha value is -1.44. The highest BCUT2D eigenvalue weighted by atomic mass is 32.1. The second-order valence-corrected chi connectivity index (χ2v) is 6.26. The minimum absolute atomic E-state index is 0.163. The molecule has 7 heteroatoms. The van der Waals surface area contributed by atoms with E-state index in [1.807, 2.05) is 5.38 Å². The van der Waals surface area contributed by atoms with Gasteiger partial charge in [-0.1, -0.05) is 0 Å². The third-order valence-corrected chi connectivity index (χ3v) is 4.67. The summed E-state index contributed by atoms with van der Waals surface area (Å²) >= 11 is 1.60. The average molecular weight is 328 g/mol. The topological polar surface area (TPSA) is 45.1 Å². The van der Waals surface area contributed by atoms with E-state index in [1.54, 1.807) is 11.3 Å². The Bertz CT molecular complexity index is 650. The maximum absolute atomic E-state index is 13.3. The summed E-state index contributed by atoms with van der Waals surface area (Å²) in [5.41, 5.74) is 0.991. The van der Waals surface area contributed by atoms with Gasteiger partial charge in [0.05, 0.1) is 23.4 Å². The van der Waals surface area contributed by atoms with Crippen LogP contribution in [0.15, 0.2) is 17.5 Å². The van der Waals surface area contributed by atoms with Crippen LogP contribution < -0.4 is 5.32 Å². The summed E-state index contributed by atoms with van der Waals surface area (Å²) in [6, 6.07) is 1.10. The van der Waals surface area contributed by atoms with Crippen LogP contribution in [-0.4, -0.2) is 16.7 Å². The van der Waals surface area contributed by atoms with E-state index in [-0.39, 0.29) is 12.2 Å². The molecule has 3 nitrogen and oxygen atoms in total. The van der Waals surface area contributed by atoms with Crippen molar-refractivity contribution in [3.05, 3.63) is 51.2 Å². The van der Waals surface area contributed by atoms with Crippen molar-refractivity contribution in [3.8, 4) is 0 Å². The number of benzene rings is 1. The summed E-state index contributed by atoms with van der Waals surface area (Å²) < 4.78 is 39.5. The smallest absolute Gasteiger partial charge is 0.194 e. The summed E-state index contributed by atoms with van der Waals surface area (Å²) in [6.07, 6.45) is 2.35. The van der Waals surface area contributed by atoms with E-state index in [9.17, 15) is 18.3 Å². The molecule has 1 heterocycles. The molecule has 0 saturated heterocycles. The number of aliphatic hydroxyl groups is 1. The van der Waals surface area contributed by atoms with Crippen LogP contribution in [0.4, 0.5) is 13.2 Å². The monoisotopic (exact) mass is 328 g/mol. The highest BCUT2D eigenvalue weighted by Gasteiger charge is 2.26. The summed E-state index contributed by atoms with van der Waals surface area (Å²) in [5.74, 6) is -3.46. The Balaban J connectivity index is 1.68. The molecule has 0 aliphatic heterocycles. The molecule has 2 aromatic rings. The molecular formula is C15H15F3N2OS. The fraction of sp³-hybridized carbons (Fsp3) is 0.400. The Labute approximate surface area is 129 Å². The number of halogens is 3. The van der Waals surface area contributed by atoms with Gasteiger partial charge in [0.2, 0.25) is 0 Å². The van der Waals surface area contributed by atoms with E-state index >= 15 is 0 Å². The second kappa shape index (κ2) is 6.36. The van der Waals surface area contributed by atoms with Crippen LogP contribution in [0, 0.1) is 17.5 Å². The van der Waals surface area contributed by atoms with E-state index in [2.05, 4.69) is 10.3 Å². The van der Waals surface area contributed by atoms with E-state index in [1.165, 1.54) is 12.8 Å². The van der Waals surface area contributed by atoms with Gasteiger partial charge in [-0.15, -0.1) is 11.3 Å². The first-order valence-electron chi connectivity index (χ1n) is 7.01. The Morgan fingerprint density at radius 3 is 2.55 bits per heavy atom. The van der Waals surface area contributed by atoms with Crippen molar-refractivity contribution in [1.82, 2.24) is 10.3 Å². The number of aliphatic hydroxyl groups excluding tert-OH is 1. The van der Waals surface area contributed by atoms with E-state index in [0.717, 1.165) is 22.8 Å². The van der Waals surface area contributed by atoms with Crippen LogP contribution in [0.2, 0.25) is 0 Å². The Morgan fingerprint density at radius 1 is 1.27 bits per heavy atom. The van der Waals surface area contributed by atoms with Gasteiger partial charge < -0.3 is 10.4 Å². The summed E-state index contributed by atoms with van der Waals surface area (Å²) in [5, 5.41) is 15.4. The van der Waals surface area contributed by atoms with Gasteiger partial charge in [0, 0.05) is 17.8 Å². The zero-order chi connectivity index (χ0) is 15.7. The lowest BCUT2D eigenvalue weighted by Gasteiger charge is -2.16. The molecule has 118 valence electrons. The molecule has 1 fully saturated rings. The van der Waals surface area contributed by atoms with Crippen molar-refractivity contribution in [2.75, 3.05) is 6.61 Å². The zero-order valence-electron chi connectivity index (χ0n) is 11.7. The molecule has 0 bridgehead atoms. The quantitative estimate of drug-likeness (QED) is 0.800. The molecule has 1 unspecified atom stereocenters. The minimum atomic E-state index is -1.51. The lowest BCUT2D eigenvalue weighted by Crippen LogP contribution is -2.24. The van der Waals surface area contributed by atoms with Crippen LogP contribution in [0.3, 0.4) is 0 Å². The van der Waals surface area contributed by atoms with Gasteiger partial charge >= 0.3 is 0 Å². The molecule has 1 aromatic heterocycles. The first-order chi connectivity index (χ1) is 10.6. The number of nitrogens with one attached hydrogen (secondary N) is 1. The van der Waals surface area contributed by atoms with Crippen molar-refractivity contribution >= 4 is 11.3 Å². The number of nitrogens with zero attached hydrogens (tertiary/aromatic N) is 1. The molecule has 0 spiro atoms. The number of thiazole rings is 1. The van der Waals surface area contributed by atoms with Gasteiger partial charge in [-0.05, 0) is 30.5 Å². The van der Waals surface area contributed by atoms with Gasteiger partial charge in [0.15, 0.2) is 17.5 Å². The minimum Gasteiger partial charge on any atom is -0.394 e. The molecule has 1 aliphatic rings. The second-order valence-electron chi connectivity index (χ2n) is 5.37. The number of hydrogen-bond donors (Lipinski definition) is 2. The van der Waals surface area contributed by atoms with Gasteiger partial charge in [0.25, 0.3) is 0 Å². The summed E-state index contributed by atoms with van der Waals surface area (Å²) in [6.45, 7) is 0.0131. The van der Waals surface area contributed by atoms with Crippen LogP contribution in [-0.2, 0) is 6.54 Å². The first-order valence-corrected chi connectivity index (χ1v) is 7.89. The largest absolute Gasteiger partial charge is 0.394 e. The molecule has 1 saturated carbocycles. The number of aromatic nitrogens is 1. The molecule has 22 heavy (non-hydrogen) atoms. The van der Waals surface area contributed by atoms with Gasteiger partial charge in [-0.25, -0.2) is 18.2 Å². The van der Waals surface area contributed by atoms with E-state index in [4.69, 9.17) is 0 Å². The molecule has 1 atom stereocenters. The molecule has 3 rings (SSSR count). The maximum atomic E-state index is 13.3. The molecule has 0 radical (unpaired) electrons. The van der Waals surface area contributed by atoms with Crippen molar-refractivity contribution in [1.29, 1.82) is 0 Å². The lowest BCUT2D eigenvalue weighted by atomic mass is 10.1. The van der Waals surface area contributed by atoms with E-state index < -0.39 is 23.5 Å². The fourth-order valence-electron chi connectivity index (χ4n) is 2.21. The molecule has 2 N–H and O–H groups in total. The molecule has 1 aliphatic carbocycles. The van der Waals surface area contributed by atoms with Crippen LogP contribution in [0.5, 0.6) is 0 Å². The van der Waals surface area contributed by atoms with Crippen molar-refractivity contribution in [2.24, 2.45) is 0 Å². The zero-order valence-corrected chi connectivity index (χ0v) is 12.5. The fourth-order valence-corrected chi connectivity index (χ4v) is 3.20. The SMILES string of the molecule is OCC(NCc1csc(C2CC2)n1)c1cc(F)c(F)c(F)c1. The van der Waals surface area contributed by atoms with Gasteiger partial charge in [-0.3, -0.25) is 0 Å². The van der Waals surface area contributed by atoms with Gasteiger partial charge in [-0.2, -0.15) is 0 Å². The predicted molar refractivity (Wildman–Crippen MR) is 77.1 cm³/mol. The summed E-state index contributed by atoms with van der Waals surface area (Å²) in [4.78, 5) is 4.49. The van der Waals surface area contributed by atoms with Crippen molar-refractivity contribution in [3.63, 3.8) is 0 Å². The average Bonchev–Trinajstić information content (AvgIpc) is 3.25. The standard InChI is InChI=1S/C15H15F3N2OS/c16-11-3-9(4-12(17)14(11)18)13(6-21)19-5-10-7-22-15(20-10)8-1-2-8/h3-4,7-8,13,19,21H,1-2,5-6H2. The van der Waals surface area contributed by atoms with Crippen LogP contribution in [0.25, 0.3) is 0 Å². The molecule has 1 aromatic carbocycles.